The lowest BCUT2D eigenvalue weighted by molar-refractivity contribution is 0.0934. The third kappa shape index (κ3) is 2.61. The lowest BCUT2D eigenvalue weighted by atomic mass is 10.1. The van der Waals surface area contributed by atoms with E-state index in [1.165, 1.54) is 24.2 Å². The molecule has 1 heterocycles. The first-order valence-electron chi connectivity index (χ1n) is 5.21. The molecular formula is C11H14BrNOS. The normalized spacial score (nSPS) is 25.4. The molecule has 2 nitrogen and oxygen atoms in total. The number of hydrogen-bond acceptors (Lipinski definition) is 2. The number of thiophene rings is 1. The molecule has 1 N–H and O–H groups in total. The standard InChI is InChI=1S/C11H14BrNOS/c12-7-8-3-1-4-9(8)13-11(14)10-5-2-6-15-10/h2,5-6,8-9H,1,3-4,7H2,(H,13,14). The molecule has 1 aromatic heterocycles. The SMILES string of the molecule is O=C(NC1CCCC1CBr)c1cccs1. The van der Waals surface area contributed by atoms with E-state index in [0.717, 1.165) is 16.6 Å². The predicted molar refractivity (Wildman–Crippen MR) is 66.7 cm³/mol. The van der Waals surface area contributed by atoms with E-state index in [-0.39, 0.29) is 5.91 Å². The minimum atomic E-state index is 0.0860. The highest BCUT2D eigenvalue weighted by Gasteiger charge is 2.27. The first kappa shape index (κ1) is 11.1. The summed E-state index contributed by atoms with van der Waals surface area (Å²) in [7, 11) is 0. The summed E-state index contributed by atoms with van der Waals surface area (Å²) in [6.07, 6.45) is 3.57. The van der Waals surface area contributed by atoms with Crippen molar-refractivity contribution in [3.05, 3.63) is 22.4 Å². The van der Waals surface area contributed by atoms with E-state index in [2.05, 4.69) is 21.2 Å². The molecule has 0 bridgehead atoms. The first-order chi connectivity index (χ1) is 7.31. The van der Waals surface area contributed by atoms with E-state index >= 15 is 0 Å². The summed E-state index contributed by atoms with van der Waals surface area (Å²) >= 11 is 5.01. The molecule has 1 aromatic rings. The van der Waals surface area contributed by atoms with Gasteiger partial charge in [-0.2, -0.15) is 0 Å². The van der Waals surface area contributed by atoms with Gasteiger partial charge in [0.05, 0.1) is 4.88 Å². The van der Waals surface area contributed by atoms with Gasteiger partial charge in [-0.3, -0.25) is 4.79 Å². The molecule has 1 aliphatic rings. The maximum absolute atomic E-state index is 11.8. The molecule has 1 saturated carbocycles. The van der Waals surface area contributed by atoms with Crippen molar-refractivity contribution >= 4 is 33.2 Å². The molecule has 0 spiro atoms. The molecule has 2 atom stereocenters. The number of alkyl halides is 1. The van der Waals surface area contributed by atoms with E-state index in [0.29, 0.717) is 12.0 Å². The Kier molecular flexibility index (Phi) is 3.81. The fourth-order valence-corrected chi connectivity index (χ4v) is 3.46. The van der Waals surface area contributed by atoms with Gasteiger partial charge in [-0.15, -0.1) is 11.3 Å². The number of carbonyl (C=O) groups is 1. The lowest BCUT2D eigenvalue weighted by Gasteiger charge is -2.18. The minimum Gasteiger partial charge on any atom is -0.348 e. The van der Waals surface area contributed by atoms with Crippen molar-refractivity contribution in [1.82, 2.24) is 5.32 Å². The Morgan fingerprint density at radius 3 is 3.13 bits per heavy atom. The predicted octanol–water partition coefficient (Wildman–Crippen LogP) is 3.04. The van der Waals surface area contributed by atoms with Gasteiger partial charge in [-0.25, -0.2) is 0 Å². The van der Waals surface area contributed by atoms with Crippen molar-refractivity contribution in [2.75, 3.05) is 5.33 Å². The van der Waals surface area contributed by atoms with Crippen LogP contribution in [0, 0.1) is 5.92 Å². The van der Waals surface area contributed by atoms with Gasteiger partial charge in [0.15, 0.2) is 0 Å². The fourth-order valence-electron chi connectivity index (χ4n) is 2.06. The van der Waals surface area contributed by atoms with Crippen molar-refractivity contribution in [1.29, 1.82) is 0 Å². The zero-order valence-corrected chi connectivity index (χ0v) is 10.8. The molecule has 2 unspecified atom stereocenters. The number of carbonyl (C=O) groups excluding carboxylic acids is 1. The van der Waals surface area contributed by atoms with Crippen LogP contribution in [0.15, 0.2) is 17.5 Å². The Morgan fingerprint density at radius 2 is 2.47 bits per heavy atom. The van der Waals surface area contributed by atoms with Gasteiger partial charge in [-0.1, -0.05) is 28.4 Å². The second-order valence-electron chi connectivity index (χ2n) is 3.90. The highest BCUT2D eigenvalue weighted by molar-refractivity contribution is 9.09. The van der Waals surface area contributed by atoms with E-state index in [9.17, 15) is 4.79 Å². The number of rotatable bonds is 3. The third-order valence-corrected chi connectivity index (χ3v) is 4.62. The number of halogens is 1. The Balaban J connectivity index is 1.94. The fraction of sp³-hybridized carbons (Fsp3) is 0.545. The second-order valence-corrected chi connectivity index (χ2v) is 5.50. The summed E-state index contributed by atoms with van der Waals surface area (Å²) in [6, 6.07) is 4.15. The zero-order valence-electron chi connectivity index (χ0n) is 8.41. The van der Waals surface area contributed by atoms with Crippen LogP contribution in [-0.2, 0) is 0 Å². The van der Waals surface area contributed by atoms with Crippen LogP contribution in [0.5, 0.6) is 0 Å². The van der Waals surface area contributed by atoms with Crippen LogP contribution in [0.1, 0.15) is 28.9 Å². The maximum Gasteiger partial charge on any atom is 0.261 e. The van der Waals surface area contributed by atoms with Crippen LogP contribution < -0.4 is 5.32 Å². The Bertz CT molecular complexity index is 325. The van der Waals surface area contributed by atoms with Gasteiger partial charge < -0.3 is 5.32 Å². The highest BCUT2D eigenvalue weighted by atomic mass is 79.9. The summed E-state index contributed by atoms with van der Waals surface area (Å²) in [6.45, 7) is 0. The van der Waals surface area contributed by atoms with Crippen molar-refractivity contribution in [2.45, 2.75) is 25.3 Å². The Morgan fingerprint density at radius 1 is 1.60 bits per heavy atom. The molecule has 15 heavy (non-hydrogen) atoms. The largest absolute Gasteiger partial charge is 0.348 e. The van der Waals surface area contributed by atoms with E-state index in [4.69, 9.17) is 0 Å². The smallest absolute Gasteiger partial charge is 0.261 e. The van der Waals surface area contributed by atoms with Crippen molar-refractivity contribution in [3.63, 3.8) is 0 Å². The molecule has 0 aliphatic heterocycles. The second kappa shape index (κ2) is 5.12. The topological polar surface area (TPSA) is 29.1 Å². The van der Waals surface area contributed by atoms with E-state index in [1.807, 2.05) is 17.5 Å². The molecule has 2 rings (SSSR count). The maximum atomic E-state index is 11.8. The lowest BCUT2D eigenvalue weighted by Crippen LogP contribution is -2.37. The summed E-state index contributed by atoms with van der Waals surface area (Å²) < 4.78 is 0. The number of amides is 1. The zero-order chi connectivity index (χ0) is 10.7. The number of nitrogens with one attached hydrogen (secondary N) is 1. The first-order valence-corrected chi connectivity index (χ1v) is 7.21. The van der Waals surface area contributed by atoms with Gasteiger partial charge in [0.2, 0.25) is 0 Å². The van der Waals surface area contributed by atoms with Gasteiger partial charge in [0.1, 0.15) is 0 Å². The van der Waals surface area contributed by atoms with Crippen molar-refractivity contribution in [2.24, 2.45) is 5.92 Å². The molecule has 1 aliphatic carbocycles. The van der Waals surface area contributed by atoms with Gasteiger partial charge in [0.25, 0.3) is 5.91 Å². The average molecular weight is 288 g/mol. The van der Waals surface area contributed by atoms with E-state index < -0.39 is 0 Å². The van der Waals surface area contributed by atoms with Gasteiger partial charge in [0, 0.05) is 11.4 Å². The van der Waals surface area contributed by atoms with Crippen LogP contribution in [0.25, 0.3) is 0 Å². The average Bonchev–Trinajstić information content (AvgIpc) is 2.87. The summed E-state index contributed by atoms with van der Waals surface area (Å²) in [4.78, 5) is 12.6. The Hall–Kier alpha value is -0.350. The molecule has 82 valence electrons. The molecule has 0 aromatic carbocycles. The quantitative estimate of drug-likeness (QED) is 0.851. The Labute approximate surface area is 102 Å². The van der Waals surface area contributed by atoms with Gasteiger partial charge >= 0.3 is 0 Å². The van der Waals surface area contributed by atoms with Crippen LogP contribution in [0.4, 0.5) is 0 Å². The third-order valence-electron chi connectivity index (χ3n) is 2.92. The molecule has 1 fully saturated rings. The van der Waals surface area contributed by atoms with Crippen LogP contribution >= 0.6 is 27.3 Å². The summed E-state index contributed by atoms with van der Waals surface area (Å²) in [5, 5.41) is 6.05. The summed E-state index contributed by atoms with van der Waals surface area (Å²) in [5.41, 5.74) is 0. The molecular weight excluding hydrogens is 274 g/mol. The molecule has 0 radical (unpaired) electrons. The minimum absolute atomic E-state index is 0.0860. The van der Waals surface area contributed by atoms with Crippen LogP contribution in [-0.4, -0.2) is 17.3 Å². The van der Waals surface area contributed by atoms with Crippen LogP contribution in [0.3, 0.4) is 0 Å². The van der Waals surface area contributed by atoms with Crippen molar-refractivity contribution < 1.29 is 4.79 Å². The van der Waals surface area contributed by atoms with Gasteiger partial charge in [-0.05, 0) is 30.2 Å². The number of hydrogen-bond donors (Lipinski definition) is 1. The van der Waals surface area contributed by atoms with Crippen molar-refractivity contribution in [3.8, 4) is 0 Å². The molecule has 1 amide bonds. The molecule has 0 saturated heterocycles. The van der Waals surface area contributed by atoms with E-state index in [1.54, 1.807) is 0 Å². The molecule has 4 heteroatoms. The highest BCUT2D eigenvalue weighted by Crippen LogP contribution is 2.27. The monoisotopic (exact) mass is 287 g/mol. The summed E-state index contributed by atoms with van der Waals surface area (Å²) in [5.74, 6) is 0.691. The van der Waals surface area contributed by atoms with Crippen LogP contribution in [0.2, 0.25) is 0 Å².